The lowest BCUT2D eigenvalue weighted by Crippen LogP contribution is -1.78. The first-order chi connectivity index (χ1) is 7.40. The van der Waals surface area contributed by atoms with Crippen LogP contribution in [0.2, 0.25) is 0 Å². The van der Waals surface area contributed by atoms with Gasteiger partial charge in [-0.3, -0.25) is 0 Å². The van der Waals surface area contributed by atoms with Crippen molar-refractivity contribution in [2.45, 2.75) is 0 Å². The van der Waals surface area contributed by atoms with Crippen molar-refractivity contribution in [2.75, 3.05) is 0 Å². The summed E-state index contributed by atoms with van der Waals surface area (Å²) >= 11 is 0. The number of rotatable bonds is 2. The summed E-state index contributed by atoms with van der Waals surface area (Å²) in [4.78, 5) is 0. The molecule has 0 N–H and O–H groups in total. The fourth-order valence-electron chi connectivity index (χ4n) is 1.56. The molecule has 0 saturated carbocycles. The van der Waals surface area contributed by atoms with E-state index in [1.807, 2.05) is 36.4 Å². The zero-order chi connectivity index (χ0) is 10.5. The molecule has 0 heteroatoms. The van der Waals surface area contributed by atoms with Crippen LogP contribution in [0, 0.1) is 0 Å². The molecule has 0 aromatic heterocycles. The van der Waals surface area contributed by atoms with Crippen molar-refractivity contribution in [1.29, 1.82) is 0 Å². The Morgan fingerprint density at radius 2 is 1.60 bits per heavy atom. The highest BCUT2D eigenvalue weighted by Gasteiger charge is 1.95. The van der Waals surface area contributed by atoms with E-state index >= 15 is 0 Å². The van der Waals surface area contributed by atoms with E-state index in [4.69, 9.17) is 0 Å². The fourth-order valence-corrected chi connectivity index (χ4v) is 1.56. The highest BCUT2D eigenvalue weighted by atomic mass is 14.0. The molecule has 0 unspecified atom stereocenters. The molecule has 2 aromatic carbocycles. The maximum absolute atomic E-state index is 3.58. The van der Waals surface area contributed by atoms with E-state index in [-0.39, 0.29) is 0 Å². The Morgan fingerprint density at radius 3 is 2.33 bits per heavy atom. The highest BCUT2D eigenvalue weighted by Crippen LogP contribution is 2.20. The topological polar surface area (TPSA) is 0 Å². The predicted molar refractivity (Wildman–Crippen MR) is 65.5 cm³/mol. The van der Waals surface area contributed by atoms with E-state index in [1.165, 1.54) is 11.1 Å². The van der Waals surface area contributed by atoms with Gasteiger partial charge in [0.1, 0.15) is 0 Å². The third-order valence-electron chi connectivity index (χ3n) is 2.26. The van der Waals surface area contributed by atoms with Gasteiger partial charge in [-0.25, -0.2) is 0 Å². The van der Waals surface area contributed by atoms with Crippen LogP contribution >= 0.6 is 0 Å². The van der Waals surface area contributed by atoms with Gasteiger partial charge in [-0.2, -0.15) is 0 Å². The van der Waals surface area contributed by atoms with Crippen LogP contribution in [0.1, 0.15) is 5.56 Å². The Labute approximate surface area is 90.2 Å². The van der Waals surface area contributed by atoms with Crippen LogP contribution in [0.25, 0.3) is 17.2 Å². The van der Waals surface area contributed by atoms with Crippen LogP contribution in [0.15, 0.2) is 66.9 Å². The first-order valence-electron chi connectivity index (χ1n) is 4.91. The highest BCUT2D eigenvalue weighted by molar-refractivity contribution is 5.67. The summed E-state index contributed by atoms with van der Waals surface area (Å²) in [5, 5.41) is 0. The number of hydrogen-bond acceptors (Lipinski definition) is 0. The van der Waals surface area contributed by atoms with E-state index in [2.05, 4.69) is 36.6 Å². The second kappa shape index (κ2) is 4.45. The molecule has 15 heavy (non-hydrogen) atoms. The molecule has 0 aliphatic heterocycles. The summed E-state index contributed by atoms with van der Waals surface area (Å²) in [5.74, 6) is 0. The van der Waals surface area contributed by atoms with E-state index in [0.717, 1.165) is 5.56 Å². The van der Waals surface area contributed by atoms with Gasteiger partial charge in [0, 0.05) is 0 Å². The minimum absolute atomic E-state index is 1.13. The molecule has 2 aromatic rings. The molecule has 0 heterocycles. The van der Waals surface area contributed by atoms with Crippen molar-refractivity contribution in [3.8, 4) is 11.1 Å². The average molecular weight is 192 g/mol. The van der Waals surface area contributed by atoms with Gasteiger partial charge >= 0.3 is 0 Å². The summed E-state index contributed by atoms with van der Waals surface area (Å²) in [5.41, 5.74) is 6.37. The van der Waals surface area contributed by atoms with E-state index in [9.17, 15) is 0 Å². The van der Waals surface area contributed by atoms with Crippen LogP contribution in [0.5, 0.6) is 0 Å². The average Bonchev–Trinajstić information content (AvgIpc) is 2.31. The van der Waals surface area contributed by atoms with Crippen LogP contribution < -0.4 is 0 Å². The second-order valence-electron chi connectivity index (χ2n) is 3.34. The van der Waals surface area contributed by atoms with Crippen LogP contribution in [-0.2, 0) is 0 Å². The summed E-state index contributed by atoms with van der Waals surface area (Å²) in [6.45, 7) is 3.58. The summed E-state index contributed by atoms with van der Waals surface area (Å²) in [6.07, 6.45) is 1.88. The van der Waals surface area contributed by atoms with Gasteiger partial charge in [-0.15, -0.1) is 5.73 Å². The molecule has 0 atom stereocenters. The third kappa shape index (κ3) is 2.25. The fraction of sp³-hybridized carbons (Fsp3) is 0. The molecule has 0 aliphatic rings. The Hall–Kier alpha value is -2.04. The summed E-state index contributed by atoms with van der Waals surface area (Å²) < 4.78 is 0. The van der Waals surface area contributed by atoms with Crippen LogP contribution in [0.3, 0.4) is 0 Å². The SMILES string of the molecule is C=C=Cc1cccc(-c2ccccc2)c1. The Balaban J connectivity index is 2.46. The molecule has 0 fully saturated rings. The molecule has 0 radical (unpaired) electrons. The van der Waals surface area contributed by atoms with Gasteiger partial charge in [-0.05, 0) is 28.8 Å². The van der Waals surface area contributed by atoms with Crippen molar-refractivity contribution in [2.24, 2.45) is 0 Å². The predicted octanol–water partition coefficient (Wildman–Crippen LogP) is 4.15. The Bertz CT molecular complexity index is 488. The zero-order valence-electron chi connectivity index (χ0n) is 8.48. The lowest BCUT2D eigenvalue weighted by molar-refractivity contribution is 1.60. The molecule has 0 bridgehead atoms. The van der Waals surface area contributed by atoms with Gasteiger partial charge in [0.15, 0.2) is 0 Å². The monoisotopic (exact) mass is 192 g/mol. The Kier molecular flexibility index (Phi) is 2.82. The van der Waals surface area contributed by atoms with Crippen molar-refractivity contribution in [1.82, 2.24) is 0 Å². The Morgan fingerprint density at radius 1 is 0.867 bits per heavy atom. The minimum Gasteiger partial charge on any atom is -0.128 e. The lowest BCUT2D eigenvalue weighted by atomic mass is 10.0. The first kappa shape index (κ1) is 9.51. The van der Waals surface area contributed by atoms with Crippen molar-refractivity contribution >= 4 is 6.08 Å². The van der Waals surface area contributed by atoms with Crippen molar-refractivity contribution < 1.29 is 0 Å². The molecule has 0 spiro atoms. The molecular weight excluding hydrogens is 180 g/mol. The molecule has 2 rings (SSSR count). The smallest absolute Gasteiger partial charge is 0.0133 e. The van der Waals surface area contributed by atoms with E-state index < -0.39 is 0 Å². The maximum atomic E-state index is 3.58. The number of hydrogen-bond donors (Lipinski definition) is 0. The maximum Gasteiger partial charge on any atom is -0.0133 e. The number of benzene rings is 2. The lowest BCUT2D eigenvalue weighted by Gasteiger charge is -2.01. The van der Waals surface area contributed by atoms with Crippen molar-refractivity contribution in [3.05, 3.63) is 72.5 Å². The minimum atomic E-state index is 1.13. The van der Waals surface area contributed by atoms with Crippen LogP contribution in [-0.4, -0.2) is 0 Å². The van der Waals surface area contributed by atoms with E-state index in [0.29, 0.717) is 0 Å². The summed E-state index contributed by atoms with van der Waals surface area (Å²) in [6, 6.07) is 18.7. The molecule has 0 amide bonds. The van der Waals surface area contributed by atoms with Crippen molar-refractivity contribution in [3.63, 3.8) is 0 Å². The van der Waals surface area contributed by atoms with E-state index in [1.54, 1.807) is 0 Å². The van der Waals surface area contributed by atoms with Gasteiger partial charge in [0.25, 0.3) is 0 Å². The largest absolute Gasteiger partial charge is 0.128 e. The molecule has 72 valence electrons. The van der Waals surface area contributed by atoms with Gasteiger partial charge in [-0.1, -0.05) is 55.1 Å². The normalized spacial score (nSPS) is 9.33. The second-order valence-corrected chi connectivity index (χ2v) is 3.34. The van der Waals surface area contributed by atoms with Crippen LogP contribution in [0.4, 0.5) is 0 Å². The zero-order valence-corrected chi connectivity index (χ0v) is 8.48. The third-order valence-corrected chi connectivity index (χ3v) is 2.26. The van der Waals surface area contributed by atoms with Gasteiger partial charge in [0.05, 0.1) is 0 Å². The standard InChI is InChI=1S/C15H12/c1-2-7-13-8-6-11-15(12-13)14-9-4-3-5-10-14/h3-12H,1H2. The molecular formula is C15H12. The first-order valence-corrected chi connectivity index (χ1v) is 4.91. The summed E-state index contributed by atoms with van der Waals surface area (Å²) in [7, 11) is 0. The quantitative estimate of drug-likeness (QED) is 0.627. The molecule has 0 saturated heterocycles. The van der Waals surface area contributed by atoms with Gasteiger partial charge < -0.3 is 0 Å². The molecule has 0 aliphatic carbocycles. The molecule has 0 nitrogen and oxygen atoms in total. The van der Waals surface area contributed by atoms with Gasteiger partial charge in [0.2, 0.25) is 0 Å².